The van der Waals surface area contributed by atoms with E-state index in [2.05, 4.69) is 10.2 Å². The van der Waals surface area contributed by atoms with Gasteiger partial charge in [-0.05, 0) is 38.6 Å². The number of likely N-dealkylation sites (tertiary alicyclic amines) is 1. The topological polar surface area (TPSA) is 86.0 Å². The van der Waals surface area contributed by atoms with Crippen LogP contribution in [0.3, 0.4) is 0 Å². The van der Waals surface area contributed by atoms with Crippen molar-refractivity contribution < 1.29 is 19.1 Å². The van der Waals surface area contributed by atoms with Crippen LogP contribution >= 0.6 is 0 Å². The zero-order valence-electron chi connectivity index (χ0n) is 12.3. The van der Waals surface area contributed by atoms with E-state index in [-0.39, 0.29) is 24.4 Å². The van der Waals surface area contributed by atoms with Gasteiger partial charge in [-0.3, -0.25) is 0 Å². The van der Waals surface area contributed by atoms with Gasteiger partial charge in [-0.15, -0.1) is 0 Å². The van der Waals surface area contributed by atoms with Gasteiger partial charge in [-0.25, -0.2) is 9.59 Å². The molecule has 2 heterocycles. The standard InChI is InChI=1S/C14H21N3O4/c1-16-7-3-4-10(9-16)17(2)14(20)15-8-11-5-6-12(21-11)13(18)19/h5-6,10H,3-4,7-9H2,1-2H3,(H,15,20)(H,18,19). The van der Waals surface area contributed by atoms with E-state index in [0.29, 0.717) is 5.76 Å². The highest BCUT2D eigenvalue weighted by atomic mass is 16.4. The normalized spacial score (nSPS) is 19.2. The van der Waals surface area contributed by atoms with Crippen LogP contribution in [0.2, 0.25) is 0 Å². The van der Waals surface area contributed by atoms with Gasteiger partial charge in [0.15, 0.2) is 0 Å². The molecule has 1 atom stereocenters. The predicted molar refractivity (Wildman–Crippen MR) is 76.2 cm³/mol. The van der Waals surface area contributed by atoms with Gasteiger partial charge in [0.2, 0.25) is 5.76 Å². The second kappa shape index (κ2) is 6.62. The Labute approximate surface area is 123 Å². The fourth-order valence-electron chi connectivity index (χ4n) is 2.50. The molecule has 2 amide bonds. The number of rotatable bonds is 4. The van der Waals surface area contributed by atoms with E-state index in [1.54, 1.807) is 18.0 Å². The minimum atomic E-state index is -1.12. The molecular formula is C14H21N3O4. The average molecular weight is 295 g/mol. The van der Waals surface area contributed by atoms with Crippen LogP contribution in [0.1, 0.15) is 29.2 Å². The lowest BCUT2D eigenvalue weighted by Crippen LogP contribution is -2.50. The fraction of sp³-hybridized carbons (Fsp3) is 0.571. The number of nitrogens with zero attached hydrogens (tertiary/aromatic N) is 2. The number of amides is 2. The molecule has 2 N–H and O–H groups in total. The minimum Gasteiger partial charge on any atom is -0.475 e. The van der Waals surface area contributed by atoms with Gasteiger partial charge in [0, 0.05) is 19.6 Å². The second-order valence-electron chi connectivity index (χ2n) is 5.40. The van der Waals surface area contributed by atoms with Crippen LogP contribution in [0, 0.1) is 0 Å². The van der Waals surface area contributed by atoms with Crippen LogP contribution in [0.4, 0.5) is 4.79 Å². The van der Waals surface area contributed by atoms with Crippen molar-refractivity contribution in [2.24, 2.45) is 0 Å². The number of hydrogen-bond acceptors (Lipinski definition) is 4. The molecule has 1 fully saturated rings. The van der Waals surface area contributed by atoms with Gasteiger partial charge in [-0.2, -0.15) is 0 Å². The van der Waals surface area contributed by atoms with E-state index < -0.39 is 5.97 Å². The Bertz CT molecular complexity index is 514. The van der Waals surface area contributed by atoms with Gasteiger partial charge in [-0.1, -0.05) is 0 Å². The number of carbonyl (C=O) groups is 2. The van der Waals surface area contributed by atoms with Crippen molar-refractivity contribution in [3.05, 3.63) is 23.7 Å². The monoisotopic (exact) mass is 295 g/mol. The number of piperidine rings is 1. The molecule has 1 aliphatic heterocycles. The fourth-order valence-corrected chi connectivity index (χ4v) is 2.50. The molecule has 1 aromatic rings. The van der Waals surface area contributed by atoms with E-state index in [1.807, 2.05) is 7.05 Å². The first-order valence-corrected chi connectivity index (χ1v) is 6.98. The van der Waals surface area contributed by atoms with Crippen molar-refractivity contribution in [1.29, 1.82) is 0 Å². The molecule has 1 aliphatic rings. The van der Waals surface area contributed by atoms with Crippen molar-refractivity contribution in [3.8, 4) is 0 Å². The first kappa shape index (κ1) is 15.4. The predicted octanol–water partition coefficient (Wildman–Crippen LogP) is 1.21. The largest absolute Gasteiger partial charge is 0.475 e. The maximum Gasteiger partial charge on any atom is 0.371 e. The maximum atomic E-state index is 12.1. The van der Waals surface area contributed by atoms with Crippen LogP contribution < -0.4 is 5.32 Å². The number of urea groups is 1. The molecule has 1 aromatic heterocycles. The quantitative estimate of drug-likeness (QED) is 0.872. The molecule has 0 spiro atoms. The van der Waals surface area contributed by atoms with Gasteiger partial charge >= 0.3 is 12.0 Å². The third-order valence-electron chi connectivity index (χ3n) is 3.75. The van der Waals surface area contributed by atoms with Gasteiger partial charge < -0.3 is 24.6 Å². The highest BCUT2D eigenvalue weighted by molar-refractivity contribution is 5.84. The number of carboxylic acid groups (broad SMARTS) is 1. The number of carbonyl (C=O) groups excluding carboxylic acids is 1. The highest BCUT2D eigenvalue weighted by Crippen LogP contribution is 2.13. The Balaban J connectivity index is 1.84. The third-order valence-corrected chi connectivity index (χ3v) is 3.75. The maximum absolute atomic E-state index is 12.1. The molecule has 2 rings (SSSR count). The number of hydrogen-bond donors (Lipinski definition) is 2. The molecular weight excluding hydrogens is 274 g/mol. The minimum absolute atomic E-state index is 0.124. The van der Waals surface area contributed by atoms with E-state index in [9.17, 15) is 9.59 Å². The Morgan fingerprint density at radius 3 is 2.90 bits per heavy atom. The number of aromatic carboxylic acids is 1. The van der Waals surface area contributed by atoms with E-state index >= 15 is 0 Å². The lowest BCUT2D eigenvalue weighted by atomic mass is 10.1. The molecule has 0 aromatic carbocycles. The summed E-state index contributed by atoms with van der Waals surface area (Å²) in [4.78, 5) is 26.7. The second-order valence-corrected chi connectivity index (χ2v) is 5.40. The summed E-state index contributed by atoms with van der Waals surface area (Å²) < 4.78 is 5.10. The van der Waals surface area contributed by atoms with Crippen LogP contribution in [0.15, 0.2) is 16.5 Å². The molecule has 7 heteroatoms. The molecule has 0 radical (unpaired) electrons. The zero-order chi connectivity index (χ0) is 15.4. The van der Waals surface area contributed by atoms with Crippen LogP contribution in [-0.2, 0) is 6.54 Å². The Kier molecular flexibility index (Phi) is 4.85. The highest BCUT2D eigenvalue weighted by Gasteiger charge is 2.24. The molecule has 0 saturated carbocycles. The average Bonchev–Trinajstić information content (AvgIpc) is 2.93. The molecule has 0 bridgehead atoms. The first-order chi connectivity index (χ1) is 9.97. The molecule has 0 aliphatic carbocycles. The van der Waals surface area contributed by atoms with Crippen LogP contribution in [0.5, 0.6) is 0 Å². The number of carboxylic acids is 1. The van der Waals surface area contributed by atoms with Crippen molar-refractivity contribution >= 4 is 12.0 Å². The Morgan fingerprint density at radius 1 is 1.52 bits per heavy atom. The lowest BCUT2D eigenvalue weighted by molar-refractivity contribution is 0.0660. The number of furan rings is 1. The Hall–Kier alpha value is -2.02. The lowest BCUT2D eigenvalue weighted by Gasteiger charge is -2.35. The van der Waals surface area contributed by atoms with Gasteiger partial charge in [0.05, 0.1) is 6.54 Å². The van der Waals surface area contributed by atoms with Crippen molar-refractivity contribution in [2.45, 2.75) is 25.4 Å². The van der Waals surface area contributed by atoms with E-state index in [4.69, 9.17) is 9.52 Å². The SMILES string of the molecule is CN1CCCC(N(C)C(=O)NCc2ccc(C(=O)O)o2)C1. The van der Waals surface area contributed by atoms with Crippen molar-refractivity contribution in [1.82, 2.24) is 15.1 Å². The third kappa shape index (κ3) is 3.98. The van der Waals surface area contributed by atoms with Gasteiger partial charge in [0.1, 0.15) is 5.76 Å². The molecule has 1 unspecified atom stereocenters. The van der Waals surface area contributed by atoms with Crippen molar-refractivity contribution in [2.75, 3.05) is 27.2 Å². The summed E-state index contributed by atoms with van der Waals surface area (Å²) in [5.74, 6) is -0.814. The van der Waals surface area contributed by atoms with Crippen LogP contribution in [-0.4, -0.2) is 60.1 Å². The van der Waals surface area contributed by atoms with Crippen molar-refractivity contribution in [3.63, 3.8) is 0 Å². The summed E-state index contributed by atoms with van der Waals surface area (Å²) in [7, 11) is 3.83. The van der Waals surface area contributed by atoms with Crippen LogP contribution in [0.25, 0.3) is 0 Å². The summed E-state index contributed by atoms with van der Waals surface area (Å²) in [5, 5.41) is 11.5. The smallest absolute Gasteiger partial charge is 0.371 e. The summed E-state index contributed by atoms with van der Waals surface area (Å²) >= 11 is 0. The Morgan fingerprint density at radius 2 is 2.29 bits per heavy atom. The van der Waals surface area contributed by atoms with E-state index in [1.165, 1.54) is 6.07 Å². The summed E-state index contributed by atoms with van der Waals surface area (Å²) in [6.07, 6.45) is 2.08. The summed E-state index contributed by atoms with van der Waals surface area (Å²) in [6.45, 7) is 2.11. The molecule has 7 nitrogen and oxygen atoms in total. The molecule has 21 heavy (non-hydrogen) atoms. The number of nitrogens with one attached hydrogen (secondary N) is 1. The molecule has 116 valence electrons. The van der Waals surface area contributed by atoms with Gasteiger partial charge in [0.25, 0.3) is 0 Å². The number of likely N-dealkylation sites (N-methyl/N-ethyl adjacent to an activating group) is 2. The van der Waals surface area contributed by atoms with E-state index in [0.717, 1.165) is 25.9 Å². The summed E-state index contributed by atoms with van der Waals surface area (Å²) in [6, 6.07) is 2.96. The zero-order valence-corrected chi connectivity index (χ0v) is 12.3. The summed E-state index contributed by atoms with van der Waals surface area (Å²) in [5.41, 5.74) is 0. The first-order valence-electron chi connectivity index (χ1n) is 6.98. The molecule has 1 saturated heterocycles.